The van der Waals surface area contributed by atoms with E-state index in [2.05, 4.69) is 10.6 Å². The molecule has 0 aliphatic carbocycles. The Morgan fingerprint density at radius 3 is 1.74 bits per heavy atom. The van der Waals surface area contributed by atoms with E-state index in [1.807, 2.05) is 0 Å². The fourth-order valence-corrected chi connectivity index (χ4v) is 4.83. The number of allylic oxidation sites excluding steroid dienone is 4. The highest BCUT2D eigenvalue weighted by Gasteiger charge is 2.32. The Kier molecular flexibility index (Phi) is 8.65. The van der Waals surface area contributed by atoms with Crippen LogP contribution in [0.25, 0.3) is 0 Å². The van der Waals surface area contributed by atoms with Crippen molar-refractivity contribution in [1.29, 1.82) is 0 Å². The highest BCUT2D eigenvalue weighted by molar-refractivity contribution is 5.99. The Balaban J connectivity index is 0.000000211. The van der Waals surface area contributed by atoms with Crippen molar-refractivity contribution in [3.63, 3.8) is 0 Å². The van der Waals surface area contributed by atoms with Crippen molar-refractivity contribution in [3.05, 3.63) is 93.3 Å². The molecule has 2 unspecified atom stereocenters. The van der Waals surface area contributed by atoms with E-state index >= 15 is 0 Å². The maximum Gasteiger partial charge on any atom is 0.225 e. The lowest BCUT2D eigenvalue weighted by molar-refractivity contribution is -0.122. The minimum absolute atomic E-state index is 0.0190. The molecule has 0 fully saturated rings. The maximum atomic E-state index is 13.8. The smallest absolute Gasteiger partial charge is 0.225 e. The van der Waals surface area contributed by atoms with Gasteiger partial charge in [-0.05, 0) is 57.0 Å². The standard InChI is InChI=1S/2C14H13F2NO2/c1-7-14(8(2)18)10(6-13(19)17-7)9-3-4-11(15)12(16)5-9;1-7-14(8(2)18)11(6-13(19)17-7)10-4-3-9(15)5-12(10)16/h3-5,10H,6H2,1-2H3,(H,17,19);3-5,11H,6H2,1-2H3,(H,17,19). The average molecular weight is 531 g/mol. The van der Waals surface area contributed by atoms with Crippen LogP contribution in [0.4, 0.5) is 17.6 Å². The molecule has 2 aromatic carbocycles. The summed E-state index contributed by atoms with van der Waals surface area (Å²) < 4.78 is 53.0. The van der Waals surface area contributed by atoms with E-state index in [9.17, 15) is 36.7 Å². The topological polar surface area (TPSA) is 92.3 Å². The Morgan fingerprint density at radius 1 is 0.711 bits per heavy atom. The Hall–Kier alpha value is -4.08. The Morgan fingerprint density at radius 2 is 1.24 bits per heavy atom. The monoisotopic (exact) mass is 530 g/mol. The van der Waals surface area contributed by atoms with Crippen LogP contribution in [0.15, 0.2) is 58.9 Å². The largest absolute Gasteiger partial charge is 0.330 e. The quantitative estimate of drug-likeness (QED) is 0.553. The Labute approximate surface area is 216 Å². The van der Waals surface area contributed by atoms with E-state index in [4.69, 9.17) is 0 Å². The third-order valence-corrected chi connectivity index (χ3v) is 6.38. The van der Waals surface area contributed by atoms with E-state index in [0.717, 1.165) is 24.3 Å². The van der Waals surface area contributed by atoms with Gasteiger partial charge in [0.1, 0.15) is 11.6 Å². The number of rotatable bonds is 4. The predicted octanol–water partition coefficient (Wildman–Crippen LogP) is 4.86. The van der Waals surface area contributed by atoms with Crippen LogP contribution < -0.4 is 10.6 Å². The molecule has 0 spiro atoms. The van der Waals surface area contributed by atoms with E-state index in [0.29, 0.717) is 28.1 Å². The fraction of sp³-hybridized carbons (Fsp3) is 0.286. The van der Waals surface area contributed by atoms with Gasteiger partial charge in [-0.3, -0.25) is 19.2 Å². The zero-order valence-electron chi connectivity index (χ0n) is 21.2. The molecule has 0 aromatic heterocycles. The van der Waals surface area contributed by atoms with Crippen molar-refractivity contribution in [3.8, 4) is 0 Å². The van der Waals surface area contributed by atoms with Crippen LogP contribution in [0.5, 0.6) is 0 Å². The lowest BCUT2D eigenvalue weighted by atomic mass is 9.82. The SMILES string of the molecule is CC(=O)C1=C(C)NC(=O)CC1c1ccc(F)c(F)c1.CC(=O)C1=C(C)NC(=O)CC1c1ccc(F)cc1F. The van der Waals surface area contributed by atoms with Crippen LogP contribution in [0, 0.1) is 23.3 Å². The summed E-state index contributed by atoms with van der Waals surface area (Å²) in [5, 5.41) is 5.15. The van der Waals surface area contributed by atoms with Crippen molar-refractivity contribution >= 4 is 23.4 Å². The molecule has 0 radical (unpaired) electrons. The van der Waals surface area contributed by atoms with Crippen LogP contribution in [0.3, 0.4) is 0 Å². The van der Waals surface area contributed by atoms with Gasteiger partial charge in [-0.2, -0.15) is 0 Å². The van der Waals surface area contributed by atoms with Crippen LogP contribution >= 0.6 is 0 Å². The van der Waals surface area contributed by atoms with Gasteiger partial charge in [0.2, 0.25) is 11.8 Å². The van der Waals surface area contributed by atoms with Gasteiger partial charge in [0.15, 0.2) is 23.2 Å². The lowest BCUT2D eigenvalue weighted by Crippen LogP contribution is -2.33. The highest BCUT2D eigenvalue weighted by Crippen LogP contribution is 2.35. The molecule has 200 valence electrons. The second-order valence-electron chi connectivity index (χ2n) is 9.14. The van der Waals surface area contributed by atoms with E-state index in [1.54, 1.807) is 13.8 Å². The van der Waals surface area contributed by atoms with Gasteiger partial charge < -0.3 is 10.6 Å². The molecular weight excluding hydrogens is 504 g/mol. The third kappa shape index (κ3) is 6.24. The number of carbonyl (C=O) groups excluding carboxylic acids is 4. The average Bonchev–Trinajstić information content (AvgIpc) is 2.79. The van der Waals surface area contributed by atoms with E-state index in [-0.39, 0.29) is 41.8 Å². The minimum Gasteiger partial charge on any atom is -0.330 e. The van der Waals surface area contributed by atoms with E-state index in [1.165, 1.54) is 26.0 Å². The van der Waals surface area contributed by atoms with E-state index < -0.39 is 35.1 Å². The number of halogens is 4. The van der Waals surface area contributed by atoms with Gasteiger partial charge in [0.25, 0.3) is 0 Å². The molecule has 2 aliphatic heterocycles. The molecule has 6 nitrogen and oxygen atoms in total. The summed E-state index contributed by atoms with van der Waals surface area (Å²) >= 11 is 0. The first-order valence-electron chi connectivity index (χ1n) is 11.7. The molecule has 2 amide bonds. The molecule has 2 aromatic rings. The molecule has 4 rings (SSSR count). The number of amides is 2. The summed E-state index contributed by atoms with van der Waals surface area (Å²) in [6.45, 7) is 5.98. The van der Waals surface area contributed by atoms with Gasteiger partial charge in [-0.1, -0.05) is 12.1 Å². The maximum absolute atomic E-state index is 13.8. The van der Waals surface area contributed by atoms with Crippen molar-refractivity contribution in [2.45, 2.75) is 52.4 Å². The summed E-state index contributed by atoms with van der Waals surface area (Å²) in [5.41, 5.74) is 2.30. The molecule has 0 saturated heterocycles. The molecule has 10 heteroatoms. The van der Waals surface area contributed by atoms with Crippen molar-refractivity contribution < 1.29 is 36.7 Å². The number of Topliss-reactive ketones (excluding diaryl/α,β-unsaturated/α-hetero) is 2. The zero-order chi connectivity index (χ0) is 28.3. The molecule has 2 N–H and O–H groups in total. The molecule has 0 saturated carbocycles. The molecular formula is C28H26F4N2O4. The van der Waals surface area contributed by atoms with Crippen molar-refractivity contribution in [2.24, 2.45) is 0 Å². The molecule has 38 heavy (non-hydrogen) atoms. The van der Waals surface area contributed by atoms with Gasteiger partial charge >= 0.3 is 0 Å². The van der Waals surface area contributed by atoms with Crippen LogP contribution in [0.2, 0.25) is 0 Å². The highest BCUT2D eigenvalue weighted by atomic mass is 19.2. The molecule has 2 aliphatic rings. The molecule has 0 bridgehead atoms. The fourth-order valence-electron chi connectivity index (χ4n) is 4.83. The number of ketones is 2. The first-order chi connectivity index (χ1) is 17.8. The summed E-state index contributed by atoms with van der Waals surface area (Å²) in [6, 6.07) is 6.61. The second kappa shape index (κ2) is 11.5. The zero-order valence-corrected chi connectivity index (χ0v) is 21.2. The third-order valence-electron chi connectivity index (χ3n) is 6.38. The van der Waals surface area contributed by atoms with Crippen molar-refractivity contribution in [2.75, 3.05) is 0 Å². The van der Waals surface area contributed by atoms with Crippen LogP contribution in [-0.4, -0.2) is 23.4 Å². The summed E-state index contributed by atoms with van der Waals surface area (Å²) in [7, 11) is 0. The van der Waals surface area contributed by atoms with Crippen LogP contribution in [-0.2, 0) is 19.2 Å². The van der Waals surface area contributed by atoms with Gasteiger partial charge in [0, 0.05) is 53.3 Å². The summed E-state index contributed by atoms with van der Waals surface area (Å²) in [4.78, 5) is 46.4. The number of carbonyl (C=O) groups is 4. The molecule has 2 atom stereocenters. The summed E-state index contributed by atoms with van der Waals surface area (Å²) in [5.74, 6) is -5.49. The minimum atomic E-state index is -0.982. The number of hydrogen-bond donors (Lipinski definition) is 2. The number of benzene rings is 2. The predicted molar refractivity (Wildman–Crippen MR) is 130 cm³/mol. The number of hydrogen-bond acceptors (Lipinski definition) is 4. The van der Waals surface area contributed by atoms with Gasteiger partial charge in [-0.25, -0.2) is 17.6 Å². The van der Waals surface area contributed by atoms with Crippen LogP contribution in [0.1, 0.15) is 63.5 Å². The van der Waals surface area contributed by atoms with Gasteiger partial charge in [-0.15, -0.1) is 0 Å². The lowest BCUT2D eigenvalue weighted by Gasteiger charge is -2.26. The molecule has 2 heterocycles. The first kappa shape index (κ1) is 28.5. The summed E-state index contributed by atoms with van der Waals surface area (Å²) in [6.07, 6.45) is 0.0339. The first-order valence-corrected chi connectivity index (χ1v) is 11.7. The Bertz CT molecular complexity index is 1400. The number of nitrogens with one attached hydrogen (secondary N) is 2. The van der Waals surface area contributed by atoms with Gasteiger partial charge in [0.05, 0.1) is 0 Å². The normalized spacial score (nSPS) is 19.4. The second-order valence-corrected chi connectivity index (χ2v) is 9.14. The van der Waals surface area contributed by atoms with Crippen molar-refractivity contribution in [1.82, 2.24) is 10.6 Å².